The molecule has 0 saturated carbocycles. The van der Waals surface area contributed by atoms with Crippen LogP contribution in [0.4, 0.5) is 5.69 Å². The maximum atomic E-state index is 11.8. The van der Waals surface area contributed by atoms with Crippen molar-refractivity contribution in [3.63, 3.8) is 0 Å². The van der Waals surface area contributed by atoms with E-state index < -0.39 is 10.5 Å². The fraction of sp³-hybridized carbons (Fsp3) is 0.211. The molecule has 0 atom stereocenters. The maximum absolute atomic E-state index is 11.8. The second-order valence-corrected chi connectivity index (χ2v) is 6.70. The van der Waals surface area contributed by atoms with Crippen molar-refractivity contribution in [3.05, 3.63) is 84.7 Å². The average molecular weight is 373 g/mol. The van der Waals surface area contributed by atoms with Gasteiger partial charge in [-0.3, -0.25) is 15.0 Å². The summed E-state index contributed by atoms with van der Waals surface area (Å²) in [5.41, 5.74) is 2.65. The van der Waals surface area contributed by atoms with Gasteiger partial charge in [-0.15, -0.1) is 0 Å². The van der Waals surface area contributed by atoms with Crippen molar-refractivity contribution in [2.75, 3.05) is 7.05 Å². The Labute approximate surface area is 154 Å². The third kappa shape index (κ3) is 3.92. The second-order valence-electron chi connectivity index (χ2n) is 6.30. The van der Waals surface area contributed by atoms with Crippen LogP contribution in [0.2, 0.25) is 5.02 Å². The number of nitrogens with zero attached hydrogens (tertiary/aromatic N) is 2. The molecule has 0 bridgehead atoms. The molecule has 6 nitrogen and oxygen atoms in total. The summed E-state index contributed by atoms with van der Waals surface area (Å²) >= 11 is 6.17. The molecule has 0 spiro atoms. The molecule has 7 heteroatoms. The number of nitro benzene ring substituents is 1. The number of non-ortho nitro benzene ring substituents is 1. The monoisotopic (exact) mass is 372 g/mol. The fourth-order valence-electron chi connectivity index (χ4n) is 2.90. The molecule has 2 aromatic carbocycles. The summed E-state index contributed by atoms with van der Waals surface area (Å²) in [6.07, 6.45) is 0. The van der Waals surface area contributed by atoms with Gasteiger partial charge in [0.05, 0.1) is 4.92 Å². The second kappa shape index (κ2) is 7.27. The van der Waals surface area contributed by atoms with Crippen LogP contribution in [0.3, 0.4) is 0 Å². The third-order valence-corrected chi connectivity index (χ3v) is 4.48. The summed E-state index contributed by atoms with van der Waals surface area (Å²) in [6.45, 7) is 2.82. The minimum absolute atomic E-state index is 0.000851. The standard InChI is InChI=1S/C19H17ClN2O4/c1-12-3-5-16-13(9-19(23)26-18(16)7-12)10-21(2)11-14-8-15(22(24)25)4-6-17(14)20/h3-9H,10-11H2,1-2H3. The van der Waals surface area contributed by atoms with Crippen LogP contribution in [0, 0.1) is 17.0 Å². The molecule has 0 radical (unpaired) electrons. The van der Waals surface area contributed by atoms with Crippen LogP contribution in [-0.4, -0.2) is 16.9 Å². The number of aryl methyl sites for hydroxylation is 1. The Morgan fingerprint density at radius 1 is 1.12 bits per heavy atom. The molecule has 1 aromatic heterocycles. The highest BCUT2D eigenvalue weighted by molar-refractivity contribution is 6.31. The third-order valence-electron chi connectivity index (χ3n) is 4.11. The molecule has 0 amide bonds. The van der Waals surface area contributed by atoms with E-state index in [-0.39, 0.29) is 5.69 Å². The van der Waals surface area contributed by atoms with Gasteiger partial charge in [-0.2, -0.15) is 0 Å². The largest absolute Gasteiger partial charge is 0.423 e. The number of hydrogen-bond donors (Lipinski definition) is 0. The van der Waals surface area contributed by atoms with E-state index >= 15 is 0 Å². The van der Waals surface area contributed by atoms with Gasteiger partial charge in [0.25, 0.3) is 5.69 Å². The van der Waals surface area contributed by atoms with Crippen molar-refractivity contribution in [1.29, 1.82) is 0 Å². The molecule has 26 heavy (non-hydrogen) atoms. The van der Waals surface area contributed by atoms with E-state index in [1.54, 1.807) is 0 Å². The van der Waals surface area contributed by atoms with E-state index in [2.05, 4.69) is 0 Å². The van der Waals surface area contributed by atoms with Gasteiger partial charge in [-0.1, -0.05) is 23.7 Å². The van der Waals surface area contributed by atoms with Gasteiger partial charge in [-0.25, -0.2) is 4.79 Å². The molecule has 3 rings (SSSR count). The first-order chi connectivity index (χ1) is 12.3. The van der Waals surface area contributed by atoms with Crippen LogP contribution in [0.15, 0.2) is 51.7 Å². The minimum atomic E-state index is -0.446. The highest BCUT2D eigenvalue weighted by Gasteiger charge is 2.13. The van der Waals surface area contributed by atoms with E-state index in [0.717, 1.165) is 16.5 Å². The number of benzene rings is 2. The Morgan fingerprint density at radius 2 is 1.85 bits per heavy atom. The average Bonchev–Trinajstić information content (AvgIpc) is 2.56. The summed E-state index contributed by atoms with van der Waals surface area (Å²) in [5, 5.41) is 12.3. The van der Waals surface area contributed by atoms with Crippen LogP contribution in [0.1, 0.15) is 16.7 Å². The molecular formula is C19H17ClN2O4. The van der Waals surface area contributed by atoms with E-state index in [1.165, 1.54) is 24.3 Å². The SMILES string of the molecule is Cc1ccc2c(CN(C)Cc3cc([N+](=O)[O-])ccc3Cl)cc(=O)oc2c1. The Hall–Kier alpha value is -2.70. The van der Waals surface area contributed by atoms with Crippen LogP contribution in [0.5, 0.6) is 0 Å². The van der Waals surface area contributed by atoms with Crippen molar-refractivity contribution in [2.24, 2.45) is 0 Å². The molecule has 0 aliphatic rings. The van der Waals surface area contributed by atoms with E-state index in [4.69, 9.17) is 16.0 Å². The Morgan fingerprint density at radius 3 is 2.58 bits per heavy atom. The molecule has 0 fully saturated rings. The van der Waals surface area contributed by atoms with E-state index in [9.17, 15) is 14.9 Å². The van der Waals surface area contributed by atoms with Crippen molar-refractivity contribution in [3.8, 4) is 0 Å². The summed E-state index contributed by atoms with van der Waals surface area (Å²) in [4.78, 5) is 24.3. The first-order valence-electron chi connectivity index (χ1n) is 7.98. The zero-order valence-corrected chi connectivity index (χ0v) is 15.1. The van der Waals surface area contributed by atoms with Gasteiger partial charge in [-0.05, 0) is 42.8 Å². The first-order valence-corrected chi connectivity index (χ1v) is 8.36. The van der Waals surface area contributed by atoms with Gasteiger partial charge < -0.3 is 4.42 Å². The van der Waals surface area contributed by atoms with Crippen LogP contribution < -0.4 is 5.63 Å². The molecule has 0 saturated heterocycles. The lowest BCUT2D eigenvalue weighted by Crippen LogP contribution is -2.19. The normalized spacial score (nSPS) is 11.2. The molecule has 0 unspecified atom stereocenters. The molecule has 0 aliphatic carbocycles. The molecule has 0 N–H and O–H groups in total. The van der Waals surface area contributed by atoms with Crippen molar-refractivity contribution < 1.29 is 9.34 Å². The van der Waals surface area contributed by atoms with Gasteiger partial charge in [0.15, 0.2) is 0 Å². The zero-order chi connectivity index (χ0) is 18.8. The Kier molecular flexibility index (Phi) is 5.06. The van der Waals surface area contributed by atoms with Crippen LogP contribution >= 0.6 is 11.6 Å². The summed E-state index contributed by atoms with van der Waals surface area (Å²) in [5.74, 6) is 0. The number of nitro groups is 1. The van der Waals surface area contributed by atoms with Gasteiger partial charge in [0, 0.05) is 41.7 Å². The van der Waals surface area contributed by atoms with Gasteiger partial charge >= 0.3 is 5.63 Å². The van der Waals surface area contributed by atoms with E-state index in [1.807, 2.05) is 37.1 Å². The summed E-state index contributed by atoms with van der Waals surface area (Å²) in [6, 6.07) is 11.6. The fourth-order valence-corrected chi connectivity index (χ4v) is 3.08. The molecule has 134 valence electrons. The summed E-state index contributed by atoms with van der Waals surface area (Å²) in [7, 11) is 1.86. The Bertz CT molecular complexity index is 1050. The zero-order valence-electron chi connectivity index (χ0n) is 14.4. The topological polar surface area (TPSA) is 76.6 Å². The maximum Gasteiger partial charge on any atom is 0.336 e. The lowest BCUT2D eigenvalue weighted by Gasteiger charge is -2.18. The Balaban J connectivity index is 1.88. The predicted octanol–water partition coefficient (Wildman–Crippen LogP) is 4.30. The quantitative estimate of drug-likeness (QED) is 0.379. The van der Waals surface area contributed by atoms with Crippen molar-refractivity contribution in [2.45, 2.75) is 20.0 Å². The summed E-state index contributed by atoms with van der Waals surface area (Å²) < 4.78 is 5.27. The van der Waals surface area contributed by atoms with Gasteiger partial charge in [0.2, 0.25) is 0 Å². The molecular weight excluding hydrogens is 356 g/mol. The smallest absolute Gasteiger partial charge is 0.336 e. The minimum Gasteiger partial charge on any atom is -0.423 e. The number of hydrogen-bond acceptors (Lipinski definition) is 5. The van der Waals surface area contributed by atoms with E-state index in [0.29, 0.717) is 29.3 Å². The molecule has 1 heterocycles. The molecule has 3 aromatic rings. The van der Waals surface area contributed by atoms with Crippen LogP contribution in [-0.2, 0) is 13.1 Å². The predicted molar refractivity (Wildman–Crippen MR) is 100 cm³/mol. The number of halogens is 1. The van der Waals surface area contributed by atoms with Crippen molar-refractivity contribution >= 4 is 28.3 Å². The van der Waals surface area contributed by atoms with Crippen LogP contribution in [0.25, 0.3) is 11.0 Å². The lowest BCUT2D eigenvalue weighted by atomic mass is 10.1. The van der Waals surface area contributed by atoms with Gasteiger partial charge in [0.1, 0.15) is 5.58 Å². The van der Waals surface area contributed by atoms with Crippen molar-refractivity contribution in [1.82, 2.24) is 4.90 Å². The number of fused-ring (bicyclic) bond motifs is 1. The lowest BCUT2D eigenvalue weighted by molar-refractivity contribution is -0.384. The number of rotatable bonds is 5. The highest BCUT2D eigenvalue weighted by Crippen LogP contribution is 2.25. The first kappa shape index (κ1) is 18.1. The molecule has 0 aliphatic heterocycles. The highest BCUT2D eigenvalue weighted by atomic mass is 35.5.